The topological polar surface area (TPSA) is 30.7 Å². The number of thioether (sulfide) groups is 2. The Hall–Kier alpha value is -0.0700. The van der Waals surface area contributed by atoms with Gasteiger partial charge in [0, 0.05) is 21.0 Å². The summed E-state index contributed by atoms with van der Waals surface area (Å²) in [5, 5.41) is 6.28. The first kappa shape index (κ1) is 18.3. The maximum absolute atomic E-state index is 6.47. The fraction of sp³-hybridized carbons (Fsp3) is 0.429. The lowest BCUT2D eigenvalue weighted by Crippen LogP contribution is -2.23. The summed E-state index contributed by atoms with van der Waals surface area (Å²) in [5.41, 5.74) is 1.12. The van der Waals surface area contributed by atoms with Gasteiger partial charge in [0.2, 0.25) is 0 Å². The third kappa shape index (κ3) is 3.70. The number of aromatic nitrogens is 3. The summed E-state index contributed by atoms with van der Waals surface area (Å²) in [5.74, 6) is 1.12. The minimum atomic E-state index is -0.129. The second-order valence-corrected chi connectivity index (χ2v) is 8.95. The van der Waals surface area contributed by atoms with Crippen LogP contribution >= 0.6 is 59.1 Å². The van der Waals surface area contributed by atoms with Gasteiger partial charge in [-0.1, -0.05) is 36.2 Å². The van der Waals surface area contributed by atoms with Gasteiger partial charge in [-0.05, 0) is 24.1 Å². The molecule has 0 amide bonds. The van der Waals surface area contributed by atoms with Crippen LogP contribution in [0, 0.1) is 0 Å². The number of hydrogen-bond acceptors (Lipinski definition) is 4. The molecule has 0 bridgehead atoms. The molecule has 0 saturated carbocycles. The Balaban J connectivity index is 0.00000176. The Morgan fingerprint density at radius 3 is 2.82 bits per heavy atom. The molecule has 0 N–H and O–H groups in total. The SMILES string of the molecule is CC[C@@H]1CS[C@@](Cn2cncn2)(c2ccc(Cl)cc2Cl)S1.Cl. The molecule has 1 aliphatic heterocycles. The fourth-order valence-corrected chi connectivity index (χ4v) is 6.91. The molecule has 1 fully saturated rings. The Bertz CT molecular complexity index is 624. The number of hydrogen-bond donors (Lipinski definition) is 0. The summed E-state index contributed by atoms with van der Waals surface area (Å²) in [6, 6.07) is 5.77. The molecule has 0 unspecified atom stereocenters. The third-order valence-electron chi connectivity index (χ3n) is 3.49. The summed E-state index contributed by atoms with van der Waals surface area (Å²) >= 11 is 16.4. The quantitative estimate of drug-likeness (QED) is 0.717. The molecule has 1 aromatic carbocycles. The molecule has 8 heteroatoms. The number of benzene rings is 1. The molecule has 0 radical (unpaired) electrons. The maximum atomic E-state index is 6.47. The standard InChI is InChI=1S/C14H15Cl2N3S2.ClH/c1-2-11-6-20-14(21-11,7-19-9-17-8-18-19)12-4-3-10(15)5-13(12)16;/h3-5,8-9,11H,2,6-7H2,1H3;1H/t11-,14-;/m1./s1. The zero-order valence-corrected chi connectivity index (χ0v) is 15.9. The van der Waals surface area contributed by atoms with Gasteiger partial charge in [-0.3, -0.25) is 4.68 Å². The van der Waals surface area contributed by atoms with E-state index in [1.807, 2.05) is 46.4 Å². The van der Waals surface area contributed by atoms with Gasteiger partial charge in [-0.25, -0.2) is 4.98 Å². The van der Waals surface area contributed by atoms with E-state index in [2.05, 4.69) is 17.0 Å². The Morgan fingerprint density at radius 2 is 2.23 bits per heavy atom. The molecule has 3 nitrogen and oxygen atoms in total. The highest BCUT2D eigenvalue weighted by molar-refractivity contribution is 8.21. The normalized spacial score (nSPS) is 24.2. The van der Waals surface area contributed by atoms with Crippen molar-refractivity contribution in [2.24, 2.45) is 0 Å². The van der Waals surface area contributed by atoms with Crippen molar-refractivity contribution in [2.45, 2.75) is 29.2 Å². The van der Waals surface area contributed by atoms with Crippen LogP contribution in [-0.2, 0) is 10.6 Å². The Kier molecular flexibility index (Phi) is 6.37. The molecule has 2 heterocycles. The van der Waals surface area contributed by atoms with E-state index in [4.69, 9.17) is 23.2 Å². The van der Waals surface area contributed by atoms with E-state index in [-0.39, 0.29) is 16.5 Å². The molecule has 0 spiro atoms. The zero-order chi connectivity index (χ0) is 14.9. The predicted octanol–water partition coefficient (Wildman–Crippen LogP) is 5.12. The Morgan fingerprint density at radius 1 is 1.41 bits per heavy atom. The van der Waals surface area contributed by atoms with Crippen LogP contribution < -0.4 is 0 Å². The van der Waals surface area contributed by atoms with E-state index in [1.54, 1.807) is 12.7 Å². The average molecular weight is 397 g/mol. The minimum Gasteiger partial charge on any atom is -0.250 e. The summed E-state index contributed by atoms with van der Waals surface area (Å²) in [6.45, 7) is 2.98. The van der Waals surface area contributed by atoms with Crippen molar-refractivity contribution >= 4 is 59.1 Å². The highest BCUT2D eigenvalue weighted by atomic mass is 35.5. The molecule has 120 valence electrons. The Labute approximate surface area is 155 Å². The lowest BCUT2D eigenvalue weighted by Gasteiger charge is -2.29. The van der Waals surface area contributed by atoms with Crippen LogP contribution in [0.15, 0.2) is 30.9 Å². The first-order valence-electron chi connectivity index (χ1n) is 6.72. The van der Waals surface area contributed by atoms with Gasteiger partial charge in [0.05, 0.1) is 6.54 Å². The third-order valence-corrected chi connectivity index (χ3v) is 7.84. The van der Waals surface area contributed by atoms with E-state index in [1.165, 1.54) is 0 Å². The van der Waals surface area contributed by atoms with Crippen LogP contribution in [0.2, 0.25) is 10.0 Å². The van der Waals surface area contributed by atoms with Gasteiger partial charge >= 0.3 is 0 Å². The molecule has 2 aromatic rings. The smallest absolute Gasteiger partial charge is 0.137 e. The summed E-state index contributed by atoms with van der Waals surface area (Å²) in [6.07, 6.45) is 4.48. The van der Waals surface area contributed by atoms with Crippen LogP contribution in [-0.4, -0.2) is 25.8 Å². The highest BCUT2D eigenvalue weighted by Gasteiger charge is 2.43. The lowest BCUT2D eigenvalue weighted by atomic mass is 10.1. The molecule has 2 atom stereocenters. The second kappa shape index (κ2) is 7.67. The molecule has 22 heavy (non-hydrogen) atoms. The van der Waals surface area contributed by atoms with Gasteiger partial charge in [0.15, 0.2) is 0 Å². The van der Waals surface area contributed by atoms with Crippen molar-refractivity contribution in [2.75, 3.05) is 5.75 Å². The van der Waals surface area contributed by atoms with Crippen LogP contribution in [0.4, 0.5) is 0 Å². The summed E-state index contributed by atoms with van der Waals surface area (Å²) in [7, 11) is 0. The van der Waals surface area contributed by atoms with Gasteiger partial charge < -0.3 is 0 Å². The minimum absolute atomic E-state index is 0. The maximum Gasteiger partial charge on any atom is 0.137 e. The fourth-order valence-electron chi connectivity index (χ4n) is 2.40. The summed E-state index contributed by atoms with van der Waals surface area (Å²) < 4.78 is 1.75. The number of nitrogens with zero attached hydrogens (tertiary/aromatic N) is 3. The molecule has 0 aliphatic carbocycles. The molecule has 1 aromatic heterocycles. The summed E-state index contributed by atoms with van der Waals surface area (Å²) in [4.78, 5) is 4.04. The van der Waals surface area contributed by atoms with Crippen LogP contribution in [0.5, 0.6) is 0 Å². The van der Waals surface area contributed by atoms with Crippen molar-refractivity contribution in [3.63, 3.8) is 0 Å². The van der Waals surface area contributed by atoms with E-state index in [0.29, 0.717) is 10.3 Å². The molecule has 1 saturated heterocycles. The van der Waals surface area contributed by atoms with Crippen molar-refractivity contribution in [3.8, 4) is 0 Å². The van der Waals surface area contributed by atoms with Gasteiger partial charge in [0.1, 0.15) is 16.7 Å². The monoisotopic (exact) mass is 395 g/mol. The number of halogens is 3. The van der Waals surface area contributed by atoms with Crippen molar-refractivity contribution in [1.82, 2.24) is 14.8 Å². The average Bonchev–Trinajstić information content (AvgIpc) is 3.09. The first-order valence-corrected chi connectivity index (χ1v) is 9.35. The van der Waals surface area contributed by atoms with Crippen molar-refractivity contribution < 1.29 is 0 Å². The van der Waals surface area contributed by atoms with Crippen LogP contribution in [0.25, 0.3) is 0 Å². The van der Waals surface area contributed by atoms with Crippen LogP contribution in [0.1, 0.15) is 18.9 Å². The van der Waals surface area contributed by atoms with Crippen LogP contribution in [0.3, 0.4) is 0 Å². The highest BCUT2D eigenvalue weighted by Crippen LogP contribution is 2.58. The van der Waals surface area contributed by atoms with E-state index < -0.39 is 0 Å². The second-order valence-electron chi connectivity index (χ2n) is 4.93. The van der Waals surface area contributed by atoms with E-state index in [0.717, 1.165) is 29.3 Å². The molecular weight excluding hydrogens is 381 g/mol. The molecule has 3 rings (SSSR count). The zero-order valence-electron chi connectivity index (χ0n) is 11.9. The molecule has 1 aliphatic rings. The molecular formula is C14H16Cl3N3S2. The van der Waals surface area contributed by atoms with Crippen molar-refractivity contribution in [3.05, 3.63) is 46.5 Å². The van der Waals surface area contributed by atoms with Gasteiger partial charge in [-0.15, -0.1) is 35.9 Å². The van der Waals surface area contributed by atoms with Crippen molar-refractivity contribution in [1.29, 1.82) is 0 Å². The van der Waals surface area contributed by atoms with Gasteiger partial charge in [0.25, 0.3) is 0 Å². The predicted molar refractivity (Wildman–Crippen MR) is 99.5 cm³/mol. The van der Waals surface area contributed by atoms with E-state index >= 15 is 0 Å². The van der Waals surface area contributed by atoms with E-state index in [9.17, 15) is 0 Å². The first-order chi connectivity index (χ1) is 10.1. The largest absolute Gasteiger partial charge is 0.250 e. The number of rotatable bonds is 4. The van der Waals surface area contributed by atoms with Gasteiger partial charge in [-0.2, -0.15) is 5.10 Å². The lowest BCUT2D eigenvalue weighted by molar-refractivity contribution is 0.581.